The van der Waals surface area contributed by atoms with E-state index in [1.54, 1.807) is 38.1 Å². The third-order valence-corrected chi connectivity index (χ3v) is 3.64. The summed E-state index contributed by atoms with van der Waals surface area (Å²) < 4.78 is 15.3. The average molecular weight is 392 g/mol. The Labute approximate surface area is 170 Å². The molecule has 3 rings (SSSR count). The van der Waals surface area contributed by atoms with Crippen LogP contribution < -0.4 is 4.74 Å². The van der Waals surface area contributed by atoms with Crippen molar-refractivity contribution < 1.29 is 23.8 Å². The molecule has 0 spiro atoms. The fourth-order valence-corrected chi connectivity index (χ4v) is 2.37. The molecular formula is C24H24O5. The highest BCUT2D eigenvalue weighted by atomic mass is 16.5. The molecule has 0 saturated carbocycles. The van der Waals surface area contributed by atoms with Crippen molar-refractivity contribution in [2.45, 2.75) is 13.8 Å². The number of carbonyl (C=O) groups excluding carboxylic acids is 2. The SMILES string of the molecule is CCOC(=O)c1ccccc1C(=O)OCC.c1ccc(Oc2ccccc2)cc1. The van der Waals surface area contributed by atoms with Crippen molar-refractivity contribution in [2.24, 2.45) is 0 Å². The second kappa shape index (κ2) is 12.0. The Morgan fingerprint density at radius 2 is 0.931 bits per heavy atom. The number of para-hydroxylation sites is 2. The first-order chi connectivity index (χ1) is 14.2. The third-order valence-electron chi connectivity index (χ3n) is 3.64. The molecule has 0 saturated heterocycles. The van der Waals surface area contributed by atoms with Crippen LogP contribution >= 0.6 is 0 Å². The van der Waals surface area contributed by atoms with Gasteiger partial charge in [-0.15, -0.1) is 0 Å². The van der Waals surface area contributed by atoms with Crippen LogP contribution in [-0.2, 0) is 9.47 Å². The van der Waals surface area contributed by atoms with Gasteiger partial charge in [0.1, 0.15) is 11.5 Å². The van der Waals surface area contributed by atoms with Gasteiger partial charge in [0.05, 0.1) is 24.3 Å². The second-order valence-corrected chi connectivity index (χ2v) is 5.71. The van der Waals surface area contributed by atoms with E-state index in [9.17, 15) is 9.59 Å². The van der Waals surface area contributed by atoms with Crippen LogP contribution in [0.2, 0.25) is 0 Å². The first-order valence-corrected chi connectivity index (χ1v) is 9.37. The topological polar surface area (TPSA) is 61.8 Å². The summed E-state index contributed by atoms with van der Waals surface area (Å²) >= 11 is 0. The van der Waals surface area contributed by atoms with Gasteiger partial charge in [-0.25, -0.2) is 9.59 Å². The minimum atomic E-state index is -0.508. The van der Waals surface area contributed by atoms with Gasteiger partial charge >= 0.3 is 11.9 Å². The van der Waals surface area contributed by atoms with E-state index in [0.29, 0.717) is 0 Å². The highest BCUT2D eigenvalue weighted by Crippen LogP contribution is 2.19. The lowest BCUT2D eigenvalue weighted by Gasteiger charge is -2.07. The molecule has 0 atom stereocenters. The third kappa shape index (κ3) is 7.14. The number of ether oxygens (including phenoxy) is 3. The fraction of sp³-hybridized carbons (Fsp3) is 0.167. The van der Waals surface area contributed by atoms with Gasteiger partial charge in [-0.2, -0.15) is 0 Å². The van der Waals surface area contributed by atoms with Gasteiger partial charge in [-0.3, -0.25) is 0 Å². The second-order valence-electron chi connectivity index (χ2n) is 5.71. The summed E-state index contributed by atoms with van der Waals surface area (Å²) in [6, 6.07) is 26.0. The van der Waals surface area contributed by atoms with Crippen LogP contribution in [0.5, 0.6) is 11.5 Å². The summed E-state index contributed by atoms with van der Waals surface area (Å²) in [6.07, 6.45) is 0. The molecule has 0 N–H and O–H groups in total. The molecule has 3 aromatic carbocycles. The molecule has 0 fully saturated rings. The number of esters is 2. The molecule has 0 radical (unpaired) electrons. The number of carbonyl (C=O) groups is 2. The van der Waals surface area contributed by atoms with Crippen molar-refractivity contribution in [3.63, 3.8) is 0 Å². The van der Waals surface area contributed by atoms with E-state index in [0.717, 1.165) is 11.5 Å². The van der Waals surface area contributed by atoms with Gasteiger partial charge in [-0.1, -0.05) is 48.5 Å². The Morgan fingerprint density at radius 3 is 1.28 bits per heavy atom. The summed E-state index contributed by atoms with van der Waals surface area (Å²) in [4.78, 5) is 23.1. The van der Waals surface area contributed by atoms with Gasteiger partial charge in [0.25, 0.3) is 0 Å². The van der Waals surface area contributed by atoms with Gasteiger partial charge in [0, 0.05) is 0 Å². The van der Waals surface area contributed by atoms with Crippen LogP contribution in [0.1, 0.15) is 34.6 Å². The van der Waals surface area contributed by atoms with E-state index in [1.807, 2.05) is 60.7 Å². The maximum atomic E-state index is 11.5. The summed E-state index contributed by atoms with van der Waals surface area (Å²) in [5.74, 6) is 0.722. The van der Waals surface area contributed by atoms with E-state index in [1.165, 1.54) is 0 Å². The minimum absolute atomic E-state index is 0.239. The van der Waals surface area contributed by atoms with Gasteiger partial charge < -0.3 is 14.2 Å². The highest BCUT2D eigenvalue weighted by Gasteiger charge is 2.17. The normalized spacial score (nSPS) is 9.59. The zero-order valence-electron chi connectivity index (χ0n) is 16.5. The van der Waals surface area contributed by atoms with Crippen molar-refractivity contribution in [1.29, 1.82) is 0 Å². The highest BCUT2D eigenvalue weighted by molar-refractivity contribution is 6.03. The molecule has 0 aliphatic heterocycles. The van der Waals surface area contributed by atoms with E-state index >= 15 is 0 Å². The average Bonchev–Trinajstić information content (AvgIpc) is 2.76. The Hall–Kier alpha value is -3.60. The Kier molecular flexibility index (Phi) is 8.96. The van der Waals surface area contributed by atoms with E-state index in [-0.39, 0.29) is 24.3 Å². The Bertz CT molecular complexity index is 817. The smallest absolute Gasteiger partial charge is 0.338 e. The summed E-state index contributed by atoms with van der Waals surface area (Å²) in [5, 5.41) is 0. The number of hydrogen-bond donors (Lipinski definition) is 0. The molecule has 5 nitrogen and oxygen atoms in total. The van der Waals surface area contributed by atoms with Gasteiger partial charge in [0.15, 0.2) is 0 Å². The van der Waals surface area contributed by atoms with Crippen molar-refractivity contribution in [2.75, 3.05) is 13.2 Å². The molecule has 5 heteroatoms. The largest absolute Gasteiger partial charge is 0.462 e. The molecule has 3 aromatic rings. The predicted octanol–water partition coefficient (Wildman–Crippen LogP) is 5.52. The molecule has 0 aliphatic carbocycles. The molecule has 0 aromatic heterocycles. The summed E-state index contributed by atoms with van der Waals surface area (Å²) in [7, 11) is 0. The Balaban J connectivity index is 0.000000211. The first-order valence-electron chi connectivity index (χ1n) is 9.37. The van der Waals surface area contributed by atoms with Crippen molar-refractivity contribution >= 4 is 11.9 Å². The maximum absolute atomic E-state index is 11.5. The molecule has 0 amide bonds. The molecular weight excluding hydrogens is 368 g/mol. The number of hydrogen-bond acceptors (Lipinski definition) is 5. The van der Waals surface area contributed by atoms with Crippen LogP contribution in [0.3, 0.4) is 0 Å². The molecule has 150 valence electrons. The molecule has 29 heavy (non-hydrogen) atoms. The summed E-state index contributed by atoms with van der Waals surface area (Å²) in [6.45, 7) is 3.97. The zero-order chi connectivity index (χ0) is 20.9. The van der Waals surface area contributed by atoms with Crippen LogP contribution in [0.15, 0.2) is 84.9 Å². The monoisotopic (exact) mass is 392 g/mol. The lowest BCUT2D eigenvalue weighted by Crippen LogP contribution is -2.13. The number of benzene rings is 3. The molecule has 0 bridgehead atoms. The Morgan fingerprint density at radius 1 is 0.586 bits per heavy atom. The fourth-order valence-electron chi connectivity index (χ4n) is 2.37. The van der Waals surface area contributed by atoms with Gasteiger partial charge in [-0.05, 0) is 50.2 Å². The lowest BCUT2D eigenvalue weighted by molar-refractivity contribution is 0.0479. The minimum Gasteiger partial charge on any atom is -0.462 e. The van der Waals surface area contributed by atoms with Crippen LogP contribution in [-0.4, -0.2) is 25.2 Å². The molecule has 0 aliphatic rings. The van der Waals surface area contributed by atoms with E-state index in [2.05, 4.69) is 0 Å². The number of rotatable bonds is 6. The van der Waals surface area contributed by atoms with Crippen molar-refractivity contribution in [3.05, 3.63) is 96.1 Å². The molecule has 0 heterocycles. The quantitative estimate of drug-likeness (QED) is 0.517. The standard InChI is InChI=1S/C12H14O4.C12H10O/c1-3-15-11(13)9-7-5-6-8-10(9)12(14)16-4-2;1-3-7-11(8-4-1)13-12-9-5-2-6-10-12/h5-8H,3-4H2,1-2H3;1-10H. The van der Waals surface area contributed by atoms with Crippen molar-refractivity contribution in [1.82, 2.24) is 0 Å². The van der Waals surface area contributed by atoms with Gasteiger partial charge in [0.2, 0.25) is 0 Å². The summed E-state index contributed by atoms with van der Waals surface area (Å²) in [5.41, 5.74) is 0.477. The predicted molar refractivity (Wildman–Crippen MR) is 111 cm³/mol. The van der Waals surface area contributed by atoms with E-state index in [4.69, 9.17) is 14.2 Å². The maximum Gasteiger partial charge on any atom is 0.338 e. The first kappa shape index (κ1) is 21.7. The van der Waals surface area contributed by atoms with Crippen LogP contribution in [0.4, 0.5) is 0 Å². The van der Waals surface area contributed by atoms with Crippen molar-refractivity contribution in [3.8, 4) is 11.5 Å². The van der Waals surface area contributed by atoms with Crippen LogP contribution in [0.25, 0.3) is 0 Å². The molecule has 0 unspecified atom stereocenters. The van der Waals surface area contributed by atoms with E-state index < -0.39 is 11.9 Å². The zero-order valence-corrected chi connectivity index (χ0v) is 16.5. The lowest BCUT2D eigenvalue weighted by atomic mass is 10.1. The van der Waals surface area contributed by atoms with Crippen LogP contribution in [0, 0.1) is 0 Å².